The number of hydrogen-bond acceptors (Lipinski definition) is 7. The average Bonchev–Trinajstić information content (AvgIpc) is 3.01. The van der Waals surface area contributed by atoms with Crippen LogP contribution < -0.4 is 5.32 Å². The number of aromatic nitrogens is 1. The summed E-state index contributed by atoms with van der Waals surface area (Å²) in [5.41, 5.74) is -1.57. The molecule has 1 amide bonds. The molecule has 2 aromatic rings. The van der Waals surface area contributed by atoms with Crippen molar-refractivity contribution in [2.75, 3.05) is 18.5 Å². The van der Waals surface area contributed by atoms with Crippen molar-refractivity contribution in [3.63, 3.8) is 0 Å². The zero-order valence-electron chi connectivity index (χ0n) is 14.8. The molecular weight excluding hydrogens is 385 g/mol. The van der Waals surface area contributed by atoms with Gasteiger partial charge in [0, 0.05) is 5.69 Å². The standard InChI is InChI=1S/C17H15F3N2O6/c1-3-26-12(23)8-27-16(25)14-13(9(2)28-22-14)15(24)21-11-6-4-10(5-7-11)17(18,19)20/h4-7H,3,8H2,1-2H3,(H,21,24). The fourth-order valence-electron chi connectivity index (χ4n) is 2.11. The summed E-state index contributed by atoms with van der Waals surface area (Å²) in [6, 6.07) is 3.71. The Labute approximate surface area is 156 Å². The van der Waals surface area contributed by atoms with E-state index < -0.39 is 41.9 Å². The van der Waals surface area contributed by atoms with Gasteiger partial charge in [-0.05, 0) is 38.1 Å². The molecule has 1 N–H and O–H groups in total. The molecule has 0 atom stereocenters. The summed E-state index contributed by atoms with van der Waals surface area (Å²) in [6.07, 6.45) is -4.51. The number of nitrogens with zero attached hydrogens (tertiary/aromatic N) is 1. The number of nitrogens with one attached hydrogen (secondary N) is 1. The number of alkyl halides is 3. The van der Waals surface area contributed by atoms with Gasteiger partial charge in [-0.3, -0.25) is 4.79 Å². The molecule has 0 aliphatic carbocycles. The Morgan fingerprint density at radius 3 is 2.36 bits per heavy atom. The molecule has 1 aromatic heterocycles. The minimum atomic E-state index is -4.51. The second-order valence-corrected chi connectivity index (χ2v) is 5.37. The molecule has 28 heavy (non-hydrogen) atoms. The highest BCUT2D eigenvalue weighted by Crippen LogP contribution is 2.30. The minimum Gasteiger partial charge on any atom is -0.463 e. The van der Waals surface area contributed by atoms with Gasteiger partial charge >= 0.3 is 18.1 Å². The lowest BCUT2D eigenvalue weighted by Crippen LogP contribution is -2.20. The number of carbonyl (C=O) groups is 3. The first-order chi connectivity index (χ1) is 13.1. The van der Waals surface area contributed by atoms with E-state index in [1.807, 2.05) is 0 Å². The van der Waals surface area contributed by atoms with E-state index in [9.17, 15) is 27.6 Å². The monoisotopic (exact) mass is 400 g/mol. The molecule has 1 aromatic carbocycles. The van der Waals surface area contributed by atoms with E-state index in [4.69, 9.17) is 9.26 Å². The number of anilines is 1. The number of aryl methyl sites for hydroxylation is 1. The predicted molar refractivity (Wildman–Crippen MR) is 87.6 cm³/mol. The molecule has 2 rings (SSSR count). The summed E-state index contributed by atoms with van der Waals surface area (Å²) in [5.74, 6) is -2.75. The second kappa shape index (κ2) is 8.55. The van der Waals surface area contributed by atoms with Gasteiger partial charge in [-0.1, -0.05) is 5.16 Å². The molecule has 150 valence electrons. The Balaban J connectivity index is 2.12. The first kappa shape index (κ1) is 20.9. The van der Waals surface area contributed by atoms with E-state index in [0.29, 0.717) is 0 Å². The summed E-state index contributed by atoms with van der Waals surface area (Å²) in [7, 11) is 0. The van der Waals surface area contributed by atoms with Crippen molar-refractivity contribution in [3.8, 4) is 0 Å². The maximum atomic E-state index is 12.6. The Kier molecular flexibility index (Phi) is 6.39. The maximum absolute atomic E-state index is 12.6. The van der Waals surface area contributed by atoms with Crippen molar-refractivity contribution in [1.29, 1.82) is 0 Å². The van der Waals surface area contributed by atoms with Crippen LogP contribution >= 0.6 is 0 Å². The second-order valence-electron chi connectivity index (χ2n) is 5.37. The fraction of sp³-hybridized carbons (Fsp3) is 0.294. The van der Waals surface area contributed by atoms with E-state index in [1.165, 1.54) is 6.92 Å². The van der Waals surface area contributed by atoms with Gasteiger partial charge in [0.05, 0.1) is 12.2 Å². The first-order valence-corrected chi connectivity index (χ1v) is 7.91. The van der Waals surface area contributed by atoms with Gasteiger partial charge in [-0.15, -0.1) is 0 Å². The Morgan fingerprint density at radius 2 is 1.79 bits per heavy atom. The molecule has 1 heterocycles. The molecule has 0 saturated carbocycles. The Morgan fingerprint density at radius 1 is 1.14 bits per heavy atom. The number of hydrogen-bond donors (Lipinski definition) is 1. The smallest absolute Gasteiger partial charge is 0.416 e. The van der Waals surface area contributed by atoms with Crippen molar-refractivity contribution in [1.82, 2.24) is 5.16 Å². The number of ether oxygens (including phenoxy) is 2. The molecule has 0 unspecified atom stereocenters. The van der Waals surface area contributed by atoms with Gasteiger partial charge in [0.15, 0.2) is 6.61 Å². The summed E-state index contributed by atoms with van der Waals surface area (Å²) in [6.45, 7) is 2.35. The van der Waals surface area contributed by atoms with Gasteiger partial charge in [0.1, 0.15) is 11.3 Å². The maximum Gasteiger partial charge on any atom is 0.416 e. The number of rotatable bonds is 6. The van der Waals surface area contributed by atoms with Gasteiger partial charge in [-0.2, -0.15) is 13.2 Å². The predicted octanol–water partition coefficient (Wildman–Crippen LogP) is 2.97. The van der Waals surface area contributed by atoms with Crippen LogP contribution in [0.15, 0.2) is 28.8 Å². The van der Waals surface area contributed by atoms with E-state index >= 15 is 0 Å². The topological polar surface area (TPSA) is 108 Å². The number of benzene rings is 1. The summed E-state index contributed by atoms with van der Waals surface area (Å²) in [4.78, 5) is 35.7. The zero-order valence-corrected chi connectivity index (χ0v) is 14.8. The van der Waals surface area contributed by atoms with Crippen LogP contribution in [0.2, 0.25) is 0 Å². The van der Waals surface area contributed by atoms with Crippen LogP contribution in [-0.2, 0) is 20.4 Å². The van der Waals surface area contributed by atoms with Gasteiger partial charge < -0.3 is 19.3 Å². The SMILES string of the molecule is CCOC(=O)COC(=O)c1noc(C)c1C(=O)Nc1ccc(C(F)(F)F)cc1. The third-order valence-electron chi connectivity index (χ3n) is 3.38. The van der Waals surface area contributed by atoms with Crippen molar-refractivity contribution < 1.29 is 41.6 Å². The minimum absolute atomic E-state index is 0.0208. The average molecular weight is 400 g/mol. The van der Waals surface area contributed by atoms with Crippen molar-refractivity contribution >= 4 is 23.5 Å². The van der Waals surface area contributed by atoms with Crippen LogP contribution in [0.25, 0.3) is 0 Å². The van der Waals surface area contributed by atoms with Crippen LogP contribution in [0.5, 0.6) is 0 Å². The zero-order chi connectivity index (χ0) is 20.9. The Hall–Kier alpha value is -3.37. The highest BCUT2D eigenvalue weighted by molar-refractivity contribution is 6.10. The molecular formula is C17H15F3N2O6. The highest BCUT2D eigenvalue weighted by Gasteiger charge is 2.30. The van der Waals surface area contributed by atoms with Crippen molar-refractivity contribution in [3.05, 3.63) is 46.8 Å². The molecule has 11 heteroatoms. The van der Waals surface area contributed by atoms with Gasteiger partial charge in [0.2, 0.25) is 5.69 Å². The molecule has 0 aliphatic rings. The molecule has 0 saturated heterocycles. The lowest BCUT2D eigenvalue weighted by molar-refractivity contribution is -0.146. The van der Waals surface area contributed by atoms with Gasteiger partial charge in [0.25, 0.3) is 5.91 Å². The molecule has 0 bridgehead atoms. The summed E-state index contributed by atoms with van der Waals surface area (Å²) >= 11 is 0. The summed E-state index contributed by atoms with van der Waals surface area (Å²) in [5, 5.41) is 5.78. The highest BCUT2D eigenvalue weighted by atomic mass is 19.4. The molecule has 0 aliphatic heterocycles. The number of halogens is 3. The van der Waals surface area contributed by atoms with Gasteiger partial charge in [-0.25, -0.2) is 9.59 Å². The third-order valence-corrected chi connectivity index (χ3v) is 3.38. The molecule has 8 nitrogen and oxygen atoms in total. The number of amides is 1. The largest absolute Gasteiger partial charge is 0.463 e. The van der Waals surface area contributed by atoms with Crippen molar-refractivity contribution in [2.24, 2.45) is 0 Å². The molecule has 0 fully saturated rings. The van der Waals surface area contributed by atoms with E-state index in [-0.39, 0.29) is 23.6 Å². The van der Waals surface area contributed by atoms with Crippen LogP contribution in [0.1, 0.15) is 39.1 Å². The molecule has 0 radical (unpaired) electrons. The number of esters is 2. The van der Waals surface area contributed by atoms with Crippen LogP contribution in [0, 0.1) is 6.92 Å². The number of carbonyl (C=O) groups excluding carboxylic acids is 3. The summed E-state index contributed by atoms with van der Waals surface area (Å²) < 4.78 is 51.9. The lowest BCUT2D eigenvalue weighted by Gasteiger charge is -2.09. The van der Waals surface area contributed by atoms with E-state index in [1.54, 1.807) is 6.92 Å². The van der Waals surface area contributed by atoms with Crippen molar-refractivity contribution in [2.45, 2.75) is 20.0 Å². The van der Waals surface area contributed by atoms with Crippen LogP contribution in [-0.4, -0.2) is 36.2 Å². The lowest BCUT2D eigenvalue weighted by atomic mass is 10.1. The van der Waals surface area contributed by atoms with E-state index in [2.05, 4.69) is 15.2 Å². The van der Waals surface area contributed by atoms with Crippen LogP contribution in [0.4, 0.5) is 18.9 Å². The van der Waals surface area contributed by atoms with Crippen LogP contribution in [0.3, 0.4) is 0 Å². The molecule has 0 spiro atoms. The van der Waals surface area contributed by atoms with E-state index in [0.717, 1.165) is 24.3 Å². The Bertz CT molecular complexity index is 874. The fourth-order valence-corrected chi connectivity index (χ4v) is 2.11. The first-order valence-electron chi connectivity index (χ1n) is 7.91. The normalized spacial score (nSPS) is 11.0. The third kappa shape index (κ3) is 5.09. The quantitative estimate of drug-likeness (QED) is 0.743.